The zero-order valence-electron chi connectivity index (χ0n) is 7.96. The number of fused-ring (bicyclic) bond motifs is 1. The van der Waals surface area contributed by atoms with Crippen molar-refractivity contribution < 1.29 is 4.74 Å². The highest BCUT2D eigenvalue weighted by molar-refractivity contribution is 6.29. The Morgan fingerprint density at radius 3 is 2.86 bits per heavy atom. The molecule has 0 aromatic carbocycles. The lowest BCUT2D eigenvalue weighted by molar-refractivity contribution is -0.0112. The highest BCUT2D eigenvalue weighted by Gasteiger charge is 2.55. The second kappa shape index (κ2) is 2.67. The number of ether oxygens (including phenoxy) is 1. The van der Waals surface area contributed by atoms with Gasteiger partial charge in [-0.15, -0.1) is 0 Å². The lowest BCUT2D eigenvalue weighted by Crippen LogP contribution is -2.35. The van der Waals surface area contributed by atoms with Crippen LogP contribution >= 0.6 is 11.6 Å². The van der Waals surface area contributed by atoms with Gasteiger partial charge in [0.15, 0.2) is 5.82 Å². The average molecular weight is 211 g/mol. The van der Waals surface area contributed by atoms with Crippen LogP contribution in [0.4, 0.5) is 0 Å². The van der Waals surface area contributed by atoms with Gasteiger partial charge in [0, 0.05) is 5.69 Å². The van der Waals surface area contributed by atoms with E-state index in [9.17, 15) is 0 Å². The van der Waals surface area contributed by atoms with Crippen molar-refractivity contribution in [1.82, 2.24) is 9.97 Å². The third-order valence-corrected chi connectivity index (χ3v) is 3.26. The van der Waals surface area contributed by atoms with Crippen LogP contribution in [-0.4, -0.2) is 16.6 Å². The summed E-state index contributed by atoms with van der Waals surface area (Å²) >= 11 is 5.90. The van der Waals surface area contributed by atoms with Gasteiger partial charge in [0.05, 0.1) is 6.61 Å². The Balaban J connectivity index is 2.03. The molecule has 4 rings (SSSR count). The van der Waals surface area contributed by atoms with Crippen molar-refractivity contribution in [2.45, 2.75) is 25.4 Å². The van der Waals surface area contributed by atoms with Gasteiger partial charge >= 0.3 is 0 Å². The van der Waals surface area contributed by atoms with Crippen molar-refractivity contribution >= 4 is 11.6 Å². The molecule has 0 spiro atoms. The van der Waals surface area contributed by atoms with Gasteiger partial charge in [0.25, 0.3) is 0 Å². The first kappa shape index (κ1) is 8.62. The molecule has 3 nitrogen and oxygen atoms in total. The topological polar surface area (TPSA) is 35.0 Å². The number of aromatic nitrogens is 2. The summed E-state index contributed by atoms with van der Waals surface area (Å²) < 4.78 is 5.73. The van der Waals surface area contributed by atoms with Crippen LogP contribution in [0.25, 0.3) is 0 Å². The minimum atomic E-state index is -0.194. The molecule has 3 fully saturated rings. The number of nitrogens with zero attached hydrogens (tertiary/aromatic N) is 2. The fourth-order valence-electron chi connectivity index (χ4n) is 2.37. The Labute approximate surface area is 87.5 Å². The van der Waals surface area contributed by atoms with E-state index < -0.39 is 0 Å². The average Bonchev–Trinajstić information content (AvgIpc) is 2.58. The smallest absolute Gasteiger partial charge is 0.162 e. The fraction of sp³-hybridized carbons (Fsp3) is 0.600. The SMILES string of the molecule is Cc1cc(Cl)nc(C23CC(CO2)C3)n1. The first-order valence-electron chi connectivity index (χ1n) is 4.84. The van der Waals surface area contributed by atoms with E-state index in [4.69, 9.17) is 16.3 Å². The number of halogens is 1. The van der Waals surface area contributed by atoms with Gasteiger partial charge in [-0.25, -0.2) is 9.97 Å². The van der Waals surface area contributed by atoms with Gasteiger partial charge in [-0.3, -0.25) is 0 Å². The Bertz CT molecular complexity index is 362. The first-order valence-corrected chi connectivity index (χ1v) is 5.21. The molecule has 1 aliphatic carbocycles. The fourth-order valence-corrected chi connectivity index (χ4v) is 2.60. The van der Waals surface area contributed by atoms with Crippen molar-refractivity contribution in [1.29, 1.82) is 0 Å². The van der Waals surface area contributed by atoms with Gasteiger partial charge in [-0.2, -0.15) is 0 Å². The maximum atomic E-state index is 5.90. The van der Waals surface area contributed by atoms with Crippen molar-refractivity contribution in [2.75, 3.05) is 6.61 Å². The van der Waals surface area contributed by atoms with Gasteiger partial charge < -0.3 is 4.74 Å². The van der Waals surface area contributed by atoms with Crippen LogP contribution in [-0.2, 0) is 10.3 Å². The number of aryl methyl sites for hydroxylation is 1. The van der Waals surface area contributed by atoms with E-state index in [1.165, 1.54) is 0 Å². The summed E-state index contributed by atoms with van der Waals surface area (Å²) in [6.45, 7) is 2.79. The zero-order chi connectivity index (χ0) is 9.76. The van der Waals surface area contributed by atoms with Crippen LogP contribution in [0, 0.1) is 12.8 Å². The van der Waals surface area contributed by atoms with Crippen molar-refractivity contribution in [3.8, 4) is 0 Å². The van der Waals surface area contributed by atoms with Gasteiger partial charge in [0.1, 0.15) is 10.8 Å². The highest BCUT2D eigenvalue weighted by Crippen LogP contribution is 2.54. The molecule has 74 valence electrons. The Morgan fingerprint density at radius 2 is 2.29 bits per heavy atom. The number of hydrogen-bond donors (Lipinski definition) is 0. The maximum Gasteiger partial charge on any atom is 0.162 e. The van der Waals surface area contributed by atoms with Crippen LogP contribution in [0.5, 0.6) is 0 Å². The molecule has 0 unspecified atom stereocenters. The third-order valence-electron chi connectivity index (χ3n) is 3.06. The maximum absolute atomic E-state index is 5.90. The molecule has 2 bridgehead atoms. The first-order chi connectivity index (χ1) is 6.68. The molecule has 2 saturated heterocycles. The summed E-state index contributed by atoms with van der Waals surface area (Å²) in [4.78, 5) is 8.66. The predicted octanol–water partition coefficient (Wildman–Crippen LogP) is 2.07. The van der Waals surface area contributed by atoms with Crippen molar-refractivity contribution in [2.24, 2.45) is 5.92 Å². The standard InChI is InChI=1S/C10H11ClN2O/c1-6-2-8(11)13-9(12-6)10-3-7(4-10)5-14-10/h2,7H,3-5H2,1H3. The molecule has 1 saturated carbocycles. The highest BCUT2D eigenvalue weighted by atomic mass is 35.5. The molecule has 1 aromatic rings. The molecule has 2 aliphatic heterocycles. The summed E-state index contributed by atoms with van der Waals surface area (Å²) in [7, 11) is 0. The van der Waals surface area contributed by atoms with Crippen LogP contribution in [0.3, 0.4) is 0 Å². The third kappa shape index (κ3) is 1.09. The molecule has 0 radical (unpaired) electrons. The van der Waals surface area contributed by atoms with Crippen LogP contribution < -0.4 is 0 Å². The van der Waals surface area contributed by atoms with E-state index in [2.05, 4.69) is 9.97 Å². The van der Waals surface area contributed by atoms with E-state index in [0.29, 0.717) is 5.15 Å². The molecule has 0 N–H and O–H groups in total. The number of rotatable bonds is 1. The van der Waals surface area contributed by atoms with E-state index in [0.717, 1.165) is 36.9 Å². The molecule has 0 atom stereocenters. The molecule has 1 aromatic heterocycles. The molecule has 14 heavy (non-hydrogen) atoms. The summed E-state index contributed by atoms with van der Waals surface area (Å²) in [6, 6.07) is 1.77. The van der Waals surface area contributed by atoms with Crippen LogP contribution in [0.2, 0.25) is 5.15 Å². The molecule has 0 amide bonds. The van der Waals surface area contributed by atoms with Crippen LogP contribution in [0.1, 0.15) is 24.4 Å². The Kier molecular flexibility index (Phi) is 1.65. The van der Waals surface area contributed by atoms with Gasteiger partial charge in [-0.1, -0.05) is 11.6 Å². The molecule has 4 heteroatoms. The quantitative estimate of drug-likeness (QED) is 0.666. The molecule has 3 aliphatic rings. The second-order valence-corrected chi connectivity index (χ2v) is 4.62. The summed E-state index contributed by atoms with van der Waals surface area (Å²) in [5, 5.41) is 0.515. The monoisotopic (exact) mass is 210 g/mol. The van der Waals surface area contributed by atoms with Crippen LogP contribution in [0.15, 0.2) is 6.07 Å². The Morgan fingerprint density at radius 1 is 1.50 bits per heavy atom. The summed E-state index contributed by atoms with van der Waals surface area (Å²) in [5.74, 6) is 1.49. The predicted molar refractivity (Wildman–Crippen MR) is 52.1 cm³/mol. The zero-order valence-corrected chi connectivity index (χ0v) is 8.71. The Hall–Kier alpha value is -0.670. The molecule has 3 heterocycles. The van der Waals surface area contributed by atoms with E-state index in [-0.39, 0.29) is 5.60 Å². The number of hydrogen-bond acceptors (Lipinski definition) is 3. The second-order valence-electron chi connectivity index (χ2n) is 4.24. The lowest BCUT2D eigenvalue weighted by Gasteiger charge is -2.34. The van der Waals surface area contributed by atoms with Crippen molar-refractivity contribution in [3.63, 3.8) is 0 Å². The normalized spacial score (nSPS) is 34.3. The van der Waals surface area contributed by atoms with E-state index in [1.807, 2.05) is 6.92 Å². The van der Waals surface area contributed by atoms with Gasteiger partial charge in [0.2, 0.25) is 0 Å². The molecular weight excluding hydrogens is 200 g/mol. The summed E-state index contributed by atoms with van der Waals surface area (Å²) in [6.07, 6.45) is 2.12. The van der Waals surface area contributed by atoms with Gasteiger partial charge in [-0.05, 0) is 31.7 Å². The summed E-state index contributed by atoms with van der Waals surface area (Å²) in [5.41, 5.74) is 0.716. The largest absolute Gasteiger partial charge is 0.367 e. The van der Waals surface area contributed by atoms with Crippen molar-refractivity contribution in [3.05, 3.63) is 22.7 Å². The van der Waals surface area contributed by atoms with E-state index in [1.54, 1.807) is 6.07 Å². The minimum absolute atomic E-state index is 0.194. The van der Waals surface area contributed by atoms with E-state index >= 15 is 0 Å². The lowest BCUT2D eigenvalue weighted by atomic mass is 9.74. The minimum Gasteiger partial charge on any atom is -0.367 e. The molecular formula is C10H11ClN2O.